The zero-order valence-electron chi connectivity index (χ0n) is 15.6. The van der Waals surface area contributed by atoms with Crippen LogP contribution in [-0.4, -0.2) is 60.5 Å². The highest BCUT2D eigenvalue weighted by Crippen LogP contribution is 2.25. The van der Waals surface area contributed by atoms with Gasteiger partial charge in [0.25, 0.3) is 0 Å². The van der Waals surface area contributed by atoms with E-state index >= 15 is 0 Å². The highest BCUT2D eigenvalue weighted by molar-refractivity contribution is 5.85. The molecule has 2 aromatic heterocycles. The zero-order chi connectivity index (χ0) is 19.6. The summed E-state index contributed by atoms with van der Waals surface area (Å²) in [5.41, 5.74) is 0.0982. The van der Waals surface area contributed by atoms with Crippen LogP contribution in [0.2, 0.25) is 0 Å². The van der Waals surface area contributed by atoms with Gasteiger partial charge in [-0.1, -0.05) is 0 Å². The van der Waals surface area contributed by atoms with Crippen molar-refractivity contribution in [2.75, 3.05) is 13.1 Å². The Balaban J connectivity index is 1.64. The van der Waals surface area contributed by atoms with Gasteiger partial charge >= 0.3 is 12.1 Å². The topological polar surface area (TPSA) is 110 Å². The van der Waals surface area contributed by atoms with Gasteiger partial charge < -0.3 is 14.7 Å². The van der Waals surface area contributed by atoms with Crippen LogP contribution in [0.25, 0.3) is 11.4 Å². The van der Waals surface area contributed by atoms with Crippen LogP contribution in [0.1, 0.15) is 50.1 Å². The SMILES string of the molecule is CC(C)(C)OC(=O)N1CCC(n2cc(-c3nccc(C(=O)O)n3)cn2)CC1. The second-order valence-corrected chi connectivity index (χ2v) is 7.48. The third kappa shape index (κ3) is 4.60. The Morgan fingerprint density at radius 3 is 2.59 bits per heavy atom. The predicted octanol–water partition coefficient (Wildman–Crippen LogP) is 2.61. The third-order valence-electron chi connectivity index (χ3n) is 4.22. The monoisotopic (exact) mass is 373 g/mol. The number of hydrogen-bond acceptors (Lipinski definition) is 6. The number of ether oxygens (including phenoxy) is 1. The maximum Gasteiger partial charge on any atom is 0.410 e. The van der Waals surface area contributed by atoms with Gasteiger partial charge in [-0.25, -0.2) is 19.6 Å². The fraction of sp³-hybridized carbons (Fsp3) is 0.500. The number of carboxylic acid groups (broad SMARTS) is 1. The summed E-state index contributed by atoms with van der Waals surface area (Å²) in [7, 11) is 0. The van der Waals surface area contributed by atoms with Crippen LogP contribution in [0.3, 0.4) is 0 Å². The van der Waals surface area contributed by atoms with Gasteiger partial charge in [0, 0.05) is 25.5 Å². The number of nitrogens with zero attached hydrogens (tertiary/aromatic N) is 5. The molecule has 9 nitrogen and oxygen atoms in total. The zero-order valence-corrected chi connectivity index (χ0v) is 15.6. The minimum atomic E-state index is -1.10. The van der Waals surface area contributed by atoms with E-state index in [0.717, 1.165) is 12.8 Å². The molecule has 2 aromatic rings. The summed E-state index contributed by atoms with van der Waals surface area (Å²) in [6.07, 6.45) is 6.09. The van der Waals surface area contributed by atoms with E-state index in [0.29, 0.717) is 24.5 Å². The summed E-state index contributed by atoms with van der Waals surface area (Å²) >= 11 is 0. The van der Waals surface area contributed by atoms with Crippen LogP contribution in [0.5, 0.6) is 0 Å². The van der Waals surface area contributed by atoms with E-state index in [1.807, 2.05) is 31.6 Å². The van der Waals surface area contributed by atoms with Gasteiger partial charge in [-0.05, 0) is 39.7 Å². The van der Waals surface area contributed by atoms with E-state index in [4.69, 9.17) is 9.84 Å². The van der Waals surface area contributed by atoms with E-state index in [1.54, 1.807) is 11.1 Å². The molecule has 144 valence electrons. The Morgan fingerprint density at radius 2 is 1.96 bits per heavy atom. The molecule has 1 amide bonds. The summed E-state index contributed by atoms with van der Waals surface area (Å²) < 4.78 is 7.24. The molecule has 0 spiro atoms. The molecule has 1 aliphatic heterocycles. The van der Waals surface area contributed by atoms with E-state index < -0.39 is 11.6 Å². The molecule has 1 aliphatic rings. The van der Waals surface area contributed by atoms with E-state index in [1.165, 1.54) is 12.3 Å². The van der Waals surface area contributed by atoms with Crippen LogP contribution >= 0.6 is 0 Å². The quantitative estimate of drug-likeness (QED) is 0.880. The first kappa shape index (κ1) is 18.8. The highest BCUT2D eigenvalue weighted by Gasteiger charge is 2.28. The molecule has 0 unspecified atom stereocenters. The average molecular weight is 373 g/mol. The fourth-order valence-corrected chi connectivity index (χ4v) is 2.91. The largest absolute Gasteiger partial charge is 0.477 e. The molecular formula is C18H23N5O4. The van der Waals surface area contributed by atoms with Gasteiger partial charge in [0.2, 0.25) is 0 Å². The first-order chi connectivity index (χ1) is 12.7. The van der Waals surface area contributed by atoms with Crippen molar-refractivity contribution in [1.82, 2.24) is 24.6 Å². The Morgan fingerprint density at radius 1 is 1.26 bits per heavy atom. The number of aromatic carboxylic acids is 1. The van der Waals surface area contributed by atoms with Crippen molar-refractivity contribution in [2.45, 2.75) is 45.3 Å². The number of hydrogen-bond donors (Lipinski definition) is 1. The average Bonchev–Trinajstić information content (AvgIpc) is 3.10. The van der Waals surface area contributed by atoms with Crippen molar-refractivity contribution in [2.24, 2.45) is 0 Å². The van der Waals surface area contributed by atoms with E-state index in [2.05, 4.69) is 15.1 Å². The van der Waals surface area contributed by atoms with Crippen LogP contribution in [0.15, 0.2) is 24.7 Å². The van der Waals surface area contributed by atoms with Crippen LogP contribution in [0, 0.1) is 0 Å². The summed E-state index contributed by atoms with van der Waals surface area (Å²) in [5.74, 6) is -0.770. The Bertz CT molecular complexity index is 834. The minimum Gasteiger partial charge on any atom is -0.477 e. The van der Waals surface area contributed by atoms with Crippen molar-refractivity contribution >= 4 is 12.1 Å². The number of rotatable bonds is 3. The van der Waals surface area contributed by atoms with Gasteiger partial charge in [-0.3, -0.25) is 4.68 Å². The molecule has 3 rings (SSSR count). The molecule has 0 aliphatic carbocycles. The molecule has 0 bridgehead atoms. The lowest BCUT2D eigenvalue weighted by atomic mass is 10.1. The van der Waals surface area contributed by atoms with Gasteiger partial charge in [-0.2, -0.15) is 5.10 Å². The first-order valence-corrected chi connectivity index (χ1v) is 8.82. The molecular weight excluding hydrogens is 350 g/mol. The third-order valence-corrected chi connectivity index (χ3v) is 4.22. The lowest BCUT2D eigenvalue weighted by molar-refractivity contribution is 0.0184. The molecule has 1 N–H and O–H groups in total. The lowest BCUT2D eigenvalue weighted by Gasteiger charge is -2.33. The number of likely N-dealkylation sites (tertiary alicyclic amines) is 1. The molecule has 0 saturated carbocycles. The van der Waals surface area contributed by atoms with Crippen molar-refractivity contribution in [3.63, 3.8) is 0 Å². The lowest BCUT2D eigenvalue weighted by Crippen LogP contribution is -2.42. The Hall–Kier alpha value is -2.97. The molecule has 0 radical (unpaired) electrons. The molecule has 1 fully saturated rings. The van der Waals surface area contributed by atoms with Crippen molar-refractivity contribution < 1.29 is 19.4 Å². The molecule has 27 heavy (non-hydrogen) atoms. The maximum absolute atomic E-state index is 12.1. The summed E-state index contributed by atoms with van der Waals surface area (Å²) in [6, 6.07) is 1.50. The molecule has 1 saturated heterocycles. The Labute approximate surface area is 157 Å². The van der Waals surface area contributed by atoms with E-state index in [-0.39, 0.29) is 17.8 Å². The molecule has 9 heteroatoms. The summed E-state index contributed by atoms with van der Waals surface area (Å²) in [6.45, 7) is 6.75. The number of carbonyl (C=O) groups is 2. The van der Waals surface area contributed by atoms with Crippen molar-refractivity contribution in [1.29, 1.82) is 0 Å². The second kappa shape index (κ2) is 7.34. The van der Waals surface area contributed by atoms with Crippen molar-refractivity contribution in [3.05, 3.63) is 30.4 Å². The van der Waals surface area contributed by atoms with Crippen LogP contribution < -0.4 is 0 Å². The molecule has 0 aromatic carbocycles. The maximum atomic E-state index is 12.1. The van der Waals surface area contributed by atoms with Crippen LogP contribution in [-0.2, 0) is 4.74 Å². The predicted molar refractivity (Wildman–Crippen MR) is 96.3 cm³/mol. The smallest absolute Gasteiger partial charge is 0.410 e. The molecule has 3 heterocycles. The summed E-state index contributed by atoms with van der Waals surface area (Å²) in [4.78, 5) is 33.1. The fourth-order valence-electron chi connectivity index (χ4n) is 2.91. The standard InChI is InChI=1S/C18H23N5O4/c1-18(2,3)27-17(26)22-8-5-13(6-9-22)23-11-12(10-20-23)15-19-7-4-14(21-15)16(24)25/h4,7,10-11,13H,5-6,8-9H2,1-3H3,(H,24,25). The van der Waals surface area contributed by atoms with Gasteiger partial charge in [0.1, 0.15) is 5.60 Å². The van der Waals surface area contributed by atoms with Gasteiger partial charge in [0.05, 0.1) is 17.8 Å². The van der Waals surface area contributed by atoms with Crippen LogP contribution in [0.4, 0.5) is 4.79 Å². The minimum absolute atomic E-state index is 0.0570. The Kier molecular flexibility index (Phi) is 5.11. The summed E-state index contributed by atoms with van der Waals surface area (Å²) in [5, 5.41) is 13.4. The number of amides is 1. The first-order valence-electron chi connectivity index (χ1n) is 8.82. The number of aromatic nitrogens is 4. The number of piperidine rings is 1. The normalized spacial score (nSPS) is 15.6. The number of carboxylic acids is 1. The number of carbonyl (C=O) groups excluding carboxylic acids is 1. The second-order valence-electron chi connectivity index (χ2n) is 7.48. The van der Waals surface area contributed by atoms with Gasteiger partial charge in [-0.15, -0.1) is 0 Å². The van der Waals surface area contributed by atoms with E-state index in [9.17, 15) is 9.59 Å². The van der Waals surface area contributed by atoms with Gasteiger partial charge in [0.15, 0.2) is 11.5 Å². The van der Waals surface area contributed by atoms with Crippen molar-refractivity contribution in [3.8, 4) is 11.4 Å². The highest BCUT2D eigenvalue weighted by atomic mass is 16.6. The molecule has 0 atom stereocenters.